The van der Waals surface area contributed by atoms with Crippen LogP contribution < -0.4 is 5.32 Å². The smallest absolute Gasteiger partial charge is 0.247 e. The third-order valence-corrected chi connectivity index (χ3v) is 4.70. The fraction of sp³-hybridized carbons (Fsp3) is 0.300. The predicted octanol–water partition coefficient (Wildman–Crippen LogP) is 3.92. The molecule has 2 aromatic rings. The van der Waals surface area contributed by atoms with Crippen LogP contribution in [0.25, 0.3) is 5.65 Å². The molecular formula is C20H25N5OS. The van der Waals surface area contributed by atoms with E-state index in [9.17, 15) is 4.79 Å². The molecule has 27 heavy (non-hydrogen) atoms. The topological polar surface area (TPSA) is 71.7 Å². The molecule has 0 aliphatic carbocycles. The molecule has 2 rings (SSSR count). The van der Waals surface area contributed by atoms with Crippen LogP contribution in [0.4, 0.5) is 0 Å². The van der Waals surface area contributed by atoms with Gasteiger partial charge in [0.1, 0.15) is 0 Å². The van der Waals surface area contributed by atoms with Crippen molar-refractivity contribution in [2.24, 2.45) is 4.99 Å². The lowest BCUT2D eigenvalue weighted by Gasteiger charge is -2.05. The third kappa shape index (κ3) is 6.53. The summed E-state index contributed by atoms with van der Waals surface area (Å²) >= 11 is 1.56. The van der Waals surface area contributed by atoms with Crippen molar-refractivity contribution >= 4 is 29.5 Å². The summed E-state index contributed by atoms with van der Waals surface area (Å²) in [7, 11) is 0. The number of carbonyl (C=O) groups excluding carboxylic acids is 1. The molecule has 0 unspecified atom stereocenters. The van der Waals surface area contributed by atoms with E-state index in [1.807, 2.05) is 49.9 Å². The molecule has 0 fully saturated rings. The summed E-state index contributed by atoms with van der Waals surface area (Å²) in [4.78, 5) is 20.8. The number of carbonyl (C=O) groups is 1. The van der Waals surface area contributed by atoms with Crippen LogP contribution in [0.15, 0.2) is 64.6 Å². The van der Waals surface area contributed by atoms with Crippen LogP contribution in [0.5, 0.6) is 0 Å². The normalized spacial score (nSPS) is 13.1. The number of rotatable bonds is 9. The van der Waals surface area contributed by atoms with Gasteiger partial charge in [-0.15, -0.1) is 11.8 Å². The van der Waals surface area contributed by atoms with Gasteiger partial charge in [-0.2, -0.15) is 5.10 Å². The summed E-state index contributed by atoms with van der Waals surface area (Å²) in [5, 5.41) is 9.05. The van der Waals surface area contributed by atoms with Crippen molar-refractivity contribution in [2.45, 2.75) is 32.9 Å². The summed E-state index contributed by atoms with van der Waals surface area (Å²) in [5.74, 6) is 0.624. The van der Waals surface area contributed by atoms with Crippen molar-refractivity contribution in [2.75, 3.05) is 6.54 Å². The zero-order valence-corrected chi connectivity index (χ0v) is 16.7. The maximum atomic E-state index is 12.2. The predicted molar refractivity (Wildman–Crippen MR) is 113 cm³/mol. The monoisotopic (exact) mass is 383 g/mol. The van der Waals surface area contributed by atoms with E-state index < -0.39 is 0 Å². The minimum Gasteiger partial charge on any atom is -0.348 e. The standard InChI is InChI=1S/C20H25N5OS/c1-4-6-8-21-11-17(5-2)12-23-20(26)16(3)14-27-15-18-13-24-25-10-7-9-22-19(18)25/h5-11,13-14H,4,12,15H2,1-3H3,(H,23,26)/b8-6-,16-14+,17-5+,21-11-. The van der Waals surface area contributed by atoms with Crippen LogP contribution in [0, 0.1) is 0 Å². The number of fused-ring (bicyclic) bond motifs is 1. The molecule has 0 aliphatic rings. The van der Waals surface area contributed by atoms with E-state index in [4.69, 9.17) is 0 Å². The van der Waals surface area contributed by atoms with Gasteiger partial charge in [0.25, 0.3) is 0 Å². The van der Waals surface area contributed by atoms with E-state index in [1.165, 1.54) is 0 Å². The molecule has 142 valence electrons. The lowest BCUT2D eigenvalue weighted by Crippen LogP contribution is -2.26. The average molecular weight is 384 g/mol. The molecular weight excluding hydrogens is 358 g/mol. The fourth-order valence-electron chi connectivity index (χ4n) is 2.14. The maximum absolute atomic E-state index is 12.2. The van der Waals surface area contributed by atoms with Crippen LogP contribution >= 0.6 is 11.8 Å². The van der Waals surface area contributed by atoms with Crippen molar-refractivity contribution in [3.05, 3.63) is 65.1 Å². The van der Waals surface area contributed by atoms with E-state index in [1.54, 1.807) is 34.9 Å². The lowest BCUT2D eigenvalue weighted by molar-refractivity contribution is -0.117. The Morgan fingerprint density at radius 3 is 3.07 bits per heavy atom. The summed E-state index contributed by atoms with van der Waals surface area (Å²) in [6, 6.07) is 1.84. The molecule has 0 radical (unpaired) electrons. The van der Waals surface area contributed by atoms with E-state index >= 15 is 0 Å². The molecule has 0 aromatic carbocycles. The number of nitrogens with zero attached hydrogens (tertiary/aromatic N) is 4. The molecule has 0 bridgehead atoms. The minimum atomic E-state index is -0.0858. The second kappa shape index (κ2) is 11.1. The van der Waals surface area contributed by atoms with E-state index in [0.29, 0.717) is 17.9 Å². The molecule has 0 saturated heterocycles. The number of hydrogen-bond acceptors (Lipinski definition) is 5. The molecule has 0 saturated carbocycles. The number of aliphatic imine (C=N–C) groups is 1. The molecule has 1 N–H and O–H groups in total. The summed E-state index contributed by atoms with van der Waals surface area (Å²) in [6.07, 6.45) is 13.8. The second-order valence-electron chi connectivity index (χ2n) is 5.79. The van der Waals surface area contributed by atoms with E-state index in [-0.39, 0.29) is 5.91 Å². The van der Waals surface area contributed by atoms with Gasteiger partial charge < -0.3 is 5.32 Å². The first-order valence-electron chi connectivity index (χ1n) is 8.82. The Kier molecular flexibility index (Phi) is 8.51. The van der Waals surface area contributed by atoms with Gasteiger partial charge >= 0.3 is 0 Å². The number of amides is 1. The second-order valence-corrected chi connectivity index (χ2v) is 6.64. The molecule has 2 aromatic heterocycles. The summed E-state index contributed by atoms with van der Waals surface area (Å²) < 4.78 is 1.75. The first-order valence-corrected chi connectivity index (χ1v) is 9.87. The van der Waals surface area contributed by atoms with Gasteiger partial charge in [-0.25, -0.2) is 9.50 Å². The highest BCUT2D eigenvalue weighted by Crippen LogP contribution is 2.18. The molecule has 6 nitrogen and oxygen atoms in total. The summed E-state index contributed by atoms with van der Waals surface area (Å²) in [6.45, 7) is 6.25. The highest BCUT2D eigenvalue weighted by molar-refractivity contribution is 8.01. The molecule has 7 heteroatoms. The molecule has 1 amide bonds. The number of thioether (sulfide) groups is 1. The Hall–Kier alpha value is -2.67. The van der Waals surface area contributed by atoms with Crippen LogP contribution in [0.1, 0.15) is 32.8 Å². The minimum absolute atomic E-state index is 0.0858. The van der Waals surface area contributed by atoms with Crippen LogP contribution in [0.3, 0.4) is 0 Å². The average Bonchev–Trinajstić information content (AvgIpc) is 3.10. The maximum Gasteiger partial charge on any atom is 0.247 e. The molecule has 2 heterocycles. The van der Waals surface area contributed by atoms with Gasteiger partial charge in [-0.1, -0.05) is 19.1 Å². The van der Waals surface area contributed by atoms with Gasteiger partial charge in [-0.3, -0.25) is 9.79 Å². The van der Waals surface area contributed by atoms with Crippen molar-refractivity contribution in [3.63, 3.8) is 0 Å². The van der Waals surface area contributed by atoms with Crippen LogP contribution in [-0.2, 0) is 10.5 Å². The SMILES string of the molecule is C\C=C(/C=N\C=C/CC)CNC(=O)/C(C)=C/SCc1cnn2cccnc12. The quantitative estimate of drug-likeness (QED) is 0.526. The first kappa shape index (κ1) is 20.6. The lowest BCUT2D eigenvalue weighted by atomic mass is 10.2. The Labute approximate surface area is 164 Å². The van der Waals surface area contributed by atoms with Gasteiger partial charge in [0.15, 0.2) is 5.65 Å². The van der Waals surface area contributed by atoms with Gasteiger partial charge in [0, 0.05) is 48.2 Å². The van der Waals surface area contributed by atoms with E-state index in [2.05, 4.69) is 27.3 Å². The number of allylic oxidation sites excluding steroid dienone is 2. The van der Waals surface area contributed by atoms with Crippen LogP contribution in [0.2, 0.25) is 0 Å². The molecule has 0 spiro atoms. The fourth-order valence-corrected chi connectivity index (χ4v) is 2.96. The number of aromatic nitrogens is 3. The van der Waals surface area contributed by atoms with Gasteiger partial charge in [0.05, 0.1) is 6.20 Å². The van der Waals surface area contributed by atoms with E-state index in [0.717, 1.165) is 23.2 Å². The Morgan fingerprint density at radius 2 is 2.30 bits per heavy atom. The number of hydrogen-bond donors (Lipinski definition) is 1. The van der Waals surface area contributed by atoms with Crippen molar-refractivity contribution < 1.29 is 4.79 Å². The molecule has 0 aliphatic heterocycles. The Bertz CT molecular complexity index is 879. The third-order valence-electron chi connectivity index (χ3n) is 3.70. The zero-order valence-electron chi connectivity index (χ0n) is 15.9. The Balaban J connectivity index is 1.83. The first-order chi connectivity index (χ1) is 13.2. The van der Waals surface area contributed by atoms with Crippen molar-refractivity contribution in [1.29, 1.82) is 0 Å². The highest BCUT2D eigenvalue weighted by atomic mass is 32.2. The Morgan fingerprint density at radius 1 is 1.44 bits per heavy atom. The zero-order chi connectivity index (χ0) is 19.5. The van der Waals surface area contributed by atoms with Gasteiger partial charge in [-0.05, 0) is 37.3 Å². The number of nitrogens with one attached hydrogen (secondary N) is 1. The van der Waals surface area contributed by atoms with Crippen LogP contribution in [-0.4, -0.2) is 33.3 Å². The largest absolute Gasteiger partial charge is 0.348 e. The van der Waals surface area contributed by atoms with Crippen molar-refractivity contribution in [3.8, 4) is 0 Å². The summed E-state index contributed by atoms with van der Waals surface area (Å²) in [5.41, 5.74) is 3.51. The van der Waals surface area contributed by atoms with Crippen molar-refractivity contribution in [1.82, 2.24) is 19.9 Å². The molecule has 0 atom stereocenters. The highest BCUT2D eigenvalue weighted by Gasteiger charge is 2.06. The van der Waals surface area contributed by atoms with Gasteiger partial charge in [0.2, 0.25) is 5.91 Å².